The number of hydrogen-bond donors (Lipinski definition) is 1. The van der Waals surface area contributed by atoms with Crippen LogP contribution in [0.2, 0.25) is 10.0 Å². The van der Waals surface area contributed by atoms with Crippen molar-refractivity contribution in [1.29, 1.82) is 0 Å². The van der Waals surface area contributed by atoms with Gasteiger partial charge in [0.1, 0.15) is 5.52 Å². The van der Waals surface area contributed by atoms with Gasteiger partial charge >= 0.3 is 0 Å². The zero-order valence-electron chi connectivity index (χ0n) is 15.2. The number of aromatic nitrogens is 1. The van der Waals surface area contributed by atoms with Crippen LogP contribution in [0.5, 0.6) is 0 Å². The van der Waals surface area contributed by atoms with Gasteiger partial charge in [-0.05, 0) is 48.0 Å². The Morgan fingerprint density at radius 2 is 1.86 bits per heavy atom. The predicted molar refractivity (Wildman–Crippen MR) is 121 cm³/mol. The molecule has 0 radical (unpaired) electrons. The molecule has 4 aromatic rings. The van der Waals surface area contributed by atoms with E-state index in [1.165, 1.54) is 11.8 Å². The van der Waals surface area contributed by atoms with Crippen LogP contribution >= 0.6 is 35.0 Å². The Labute approximate surface area is 182 Å². The number of amides is 1. The number of carbonyl (C=O) groups is 1. The van der Waals surface area contributed by atoms with Crippen molar-refractivity contribution in [3.63, 3.8) is 0 Å². The molecule has 7 heteroatoms. The van der Waals surface area contributed by atoms with Gasteiger partial charge in [0.05, 0.1) is 5.75 Å². The number of oxazole rings is 1. The van der Waals surface area contributed by atoms with Crippen molar-refractivity contribution in [2.24, 2.45) is 0 Å². The van der Waals surface area contributed by atoms with Gasteiger partial charge in [-0.25, -0.2) is 4.98 Å². The number of rotatable bonds is 6. The highest BCUT2D eigenvalue weighted by Crippen LogP contribution is 2.27. The molecule has 4 rings (SSSR count). The third-order valence-corrected chi connectivity index (χ3v) is 5.77. The van der Waals surface area contributed by atoms with Crippen LogP contribution in [-0.2, 0) is 10.5 Å². The van der Waals surface area contributed by atoms with E-state index in [-0.39, 0.29) is 5.91 Å². The first-order valence-corrected chi connectivity index (χ1v) is 10.8. The summed E-state index contributed by atoms with van der Waals surface area (Å²) in [5, 5.41) is 4.10. The zero-order valence-corrected chi connectivity index (χ0v) is 17.5. The minimum absolute atomic E-state index is 0.0915. The first-order chi connectivity index (χ1) is 14.1. The van der Waals surface area contributed by atoms with Crippen LogP contribution < -0.4 is 5.32 Å². The second-order valence-electron chi connectivity index (χ2n) is 6.34. The number of anilines is 1. The molecule has 0 spiro atoms. The number of benzene rings is 3. The molecule has 0 bridgehead atoms. The highest BCUT2D eigenvalue weighted by atomic mass is 35.5. The lowest BCUT2D eigenvalue weighted by molar-refractivity contribution is -0.113. The number of nitrogens with zero attached hydrogens (tertiary/aromatic N) is 1. The van der Waals surface area contributed by atoms with Gasteiger partial charge in [-0.15, -0.1) is 11.8 Å². The fraction of sp³-hybridized carbons (Fsp3) is 0.0909. The van der Waals surface area contributed by atoms with Crippen molar-refractivity contribution in [3.05, 3.63) is 82.3 Å². The van der Waals surface area contributed by atoms with Crippen LogP contribution in [0, 0.1) is 0 Å². The van der Waals surface area contributed by atoms with E-state index in [9.17, 15) is 4.79 Å². The topological polar surface area (TPSA) is 55.1 Å². The molecule has 0 fully saturated rings. The van der Waals surface area contributed by atoms with Crippen LogP contribution in [0.4, 0.5) is 5.69 Å². The minimum atomic E-state index is -0.0915. The number of fused-ring (bicyclic) bond motifs is 1. The molecule has 0 aliphatic heterocycles. The van der Waals surface area contributed by atoms with E-state index in [1.54, 1.807) is 18.2 Å². The Hall–Kier alpha value is -2.47. The quantitative estimate of drug-likeness (QED) is 0.362. The van der Waals surface area contributed by atoms with Crippen LogP contribution in [0.1, 0.15) is 5.56 Å². The van der Waals surface area contributed by atoms with Crippen LogP contribution in [-0.4, -0.2) is 16.6 Å². The van der Waals surface area contributed by atoms with E-state index in [4.69, 9.17) is 27.6 Å². The molecule has 1 amide bonds. The highest BCUT2D eigenvalue weighted by molar-refractivity contribution is 7.99. The molecule has 0 saturated carbocycles. The normalized spacial score (nSPS) is 11.0. The molecule has 0 saturated heterocycles. The fourth-order valence-electron chi connectivity index (χ4n) is 2.80. The molecule has 146 valence electrons. The molecule has 1 aromatic heterocycles. The standard InChI is InChI=1S/C22H16Cl2N2O2S/c23-16-7-6-15(18(24)10-16)12-29-13-21(27)25-17-8-9-20-19(11-17)26-22(28-20)14-4-2-1-3-5-14/h1-11H,12-13H2,(H,25,27). The lowest BCUT2D eigenvalue weighted by Crippen LogP contribution is -2.14. The Morgan fingerprint density at radius 3 is 2.66 bits per heavy atom. The second kappa shape index (κ2) is 8.91. The minimum Gasteiger partial charge on any atom is -0.436 e. The SMILES string of the molecule is O=C(CSCc1ccc(Cl)cc1Cl)Nc1ccc2oc(-c3ccccc3)nc2c1. The van der Waals surface area contributed by atoms with Crippen molar-refractivity contribution in [2.75, 3.05) is 11.1 Å². The summed E-state index contributed by atoms with van der Waals surface area (Å²) < 4.78 is 5.80. The summed E-state index contributed by atoms with van der Waals surface area (Å²) in [4.78, 5) is 16.8. The zero-order chi connectivity index (χ0) is 20.2. The Morgan fingerprint density at radius 1 is 1.03 bits per heavy atom. The van der Waals surface area contributed by atoms with Crippen LogP contribution in [0.25, 0.3) is 22.6 Å². The maximum atomic E-state index is 12.3. The fourth-order valence-corrected chi connectivity index (χ4v) is 4.18. The number of thioether (sulfide) groups is 1. The van der Waals surface area contributed by atoms with Gasteiger partial charge in [0.2, 0.25) is 11.8 Å². The summed E-state index contributed by atoms with van der Waals surface area (Å²) in [6.07, 6.45) is 0. The van der Waals surface area contributed by atoms with Crippen LogP contribution in [0.15, 0.2) is 71.1 Å². The summed E-state index contributed by atoms with van der Waals surface area (Å²) in [5.74, 6) is 1.41. The lowest BCUT2D eigenvalue weighted by atomic mass is 10.2. The van der Waals surface area contributed by atoms with E-state index >= 15 is 0 Å². The average Bonchev–Trinajstić information content (AvgIpc) is 3.14. The largest absolute Gasteiger partial charge is 0.436 e. The summed E-state index contributed by atoms with van der Waals surface area (Å²) in [7, 11) is 0. The summed E-state index contributed by atoms with van der Waals surface area (Å²) in [6, 6.07) is 20.5. The molecule has 4 nitrogen and oxygen atoms in total. The number of halogens is 2. The van der Waals surface area contributed by atoms with Gasteiger partial charge in [0, 0.05) is 27.0 Å². The third-order valence-electron chi connectivity index (χ3n) is 4.20. The van der Waals surface area contributed by atoms with Gasteiger partial charge in [-0.1, -0.05) is 47.5 Å². The van der Waals surface area contributed by atoms with E-state index in [0.717, 1.165) is 11.1 Å². The van der Waals surface area contributed by atoms with Crippen molar-refractivity contribution in [1.82, 2.24) is 4.98 Å². The van der Waals surface area contributed by atoms with Crippen LogP contribution in [0.3, 0.4) is 0 Å². The molecule has 0 atom stereocenters. The van der Waals surface area contributed by atoms with Gasteiger partial charge < -0.3 is 9.73 Å². The second-order valence-corrected chi connectivity index (χ2v) is 8.17. The van der Waals surface area contributed by atoms with Gasteiger partial charge in [-0.3, -0.25) is 4.79 Å². The van der Waals surface area contributed by atoms with Gasteiger partial charge in [0.25, 0.3) is 0 Å². The smallest absolute Gasteiger partial charge is 0.234 e. The van der Waals surface area contributed by atoms with E-state index < -0.39 is 0 Å². The van der Waals surface area contributed by atoms with E-state index in [2.05, 4.69) is 10.3 Å². The molecule has 1 heterocycles. The number of nitrogens with one attached hydrogen (secondary N) is 1. The number of carbonyl (C=O) groups excluding carboxylic acids is 1. The van der Waals surface area contributed by atoms with Gasteiger partial charge in [0.15, 0.2) is 5.58 Å². The van der Waals surface area contributed by atoms with Crippen molar-refractivity contribution in [3.8, 4) is 11.5 Å². The monoisotopic (exact) mass is 442 g/mol. The Kier molecular flexibility index (Phi) is 6.09. The van der Waals surface area contributed by atoms with Gasteiger partial charge in [-0.2, -0.15) is 0 Å². The lowest BCUT2D eigenvalue weighted by Gasteiger charge is -2.06. The predicted octanol–water partition coefficient (Wildman–Crippen LogP) is 6.67. The molecule has 0 unspecified atom stereocenters. The summed E-state index contributed by atoms with van der Waals surface area (Å²) in [6.45, 7) is 0. The molecule has 0 aliphatic rings. The maximum Gasteiger partial charge on any atom is 0.234 e. The molecule has 3 aromatic carbocycles. The average molecular weight is 443 g/mol. The Balaban J connectivity index is 1.37. The Bertz CT molecular complexity index is 1160. The third kappa shape index (κ3) is 4.93. The summed E-state index contributed by atoms with van der Waals surface area (Å²) >= 11 is 13.5. The first-order valence-electron chi connectivity index (χ1n) is 8.86. The molecule has 0 aliphatic carbocycles. The van der Waals surface area contributed by atoms with Crippen molar-refractivity contribution < 1.29 is 9.21 Å². The maximum absolute atomic E-state index is 12.3. The molecule has 29 heavy (non-hydrogen) atoms. The van der Waals surface area contributed by atoms with E-state index in [1.807, 2.05) is 48.5 Å². The molecular weight excluding hydrogens is 427 g/mol. The van der Waals surface area contributed by atoms with Crippen molar-refractivity contribution in [2.45, 2.75) is 5.75 Å². The number of hydrogen-bond acceptors (Lipinski definition) is 4. The van der Waals surface area contributed by atoms with E-state index in [0.29, 0.717) is 44.2 Å². The molecular formula is C22H16Cl2N2O2S. The summed E-state index contributed by atoms with van der Waals surface area (Å²) in [5.41, 5.74) is 3.91. The van der Waals surface area contributed by atoms with Crippen molar-refractivity contribution >= 4 is 57.7 Å². The first kappa shape index (κ1) is 19.8. The molecule has 1 N–H and O–H groups in total. The highest BCUT2D eigenvalue weighted by Gasteiger charge is 2.10.